The van der Waals surface area contributed by atoms with Crippen molar-refractivity contribution in [2.45, 2.75) is 51.7 Å². The molecule has 174 valence electrons. The van der Waals surface area contributed by atoms with Gasteiger partial charge in [0, 0.05) is 30.2 Å². The number of primary amides is 1. The number of benzene rings is 2. The number of aromatic amines is 1. The average Bonchev–Trinajstić information content (AvgIpc) is 3.37. The third kappa shape index (κ3) is 4.85. The van der Waals surface area contributed by atoms with Crippen LogP contribution in [-0.4, -0.2) is 61.5 Å². The molecule has 1 unspecified atom stereocenters. The van der Waals surface area contributed by atoms with Crippen LogP contribution in [0.2, 0.25) is 0 Å². The molecular weight excluding hydrogens is 418 g/mol. The maximum absolute atomic E-state index is 11.8. The molecule has 1 aliphatic rings. The second kappa shape index (κ2) is 8.86. The Labute approximate surface area is 193 Å². The van der Waals surface area contributed by atoms with E-state index in [2.05, 4.69) is 27.0 Å². The van der Waals surface area contributed by atoms with Gasteiger partial charge in [0.15, 0.2) is 0 Å². The van der Waals surface area contributed by atoms with Gasteiger partial charge in [0.1, 0.15) is 11.3 Å². The lowest BCUT2D eigenvalue weighted by Crippen LogP contribution is -2.50. The molecule has 0 spiro atoms. The first-order chi connectivity index (χ1) is 15.6. The molecule has 3 aromatic rings. The molecule has 1 aromatic heterocycles. The number of hydrogen-bond donors (Lipinski definition) is 3. The first kappa shape index (κ1) is 22.8. The molecule has 2 heterocycles. The zero-order valence-corrected chi connectivity index (χ0v) is 19.3. The van der Waals surface area contributed by atoms with Crippen molar-refractivity contribution < 1.29 is 14.7 Å². The van der Waals surface area contributed by atoms with Crippen LogP contribution in [0.25, 0.3) is 22.4 Å². The van der Waals surface area contributed by atoms with E-state index in [1.54, 1.807) is 17.0 Å². The average molecular weight is 450 g/mol. The molecule has 0 radical (unpaired) electrons. The third-order valence-corrected chi connectivity index (χ3v) is 6.32. The molecule has 1 aliphatic heterocycles. The number of H-pyrrole nitrogens is 1. The van der Waals surface area contributed by atoms with Gasteiger partial charge in [-0.2, -0.15) is 0 Å². The molecule has 8 nitrogen and oxygen atoms in total. The molecule has 2 amide bonds. The van der Waals surface area contributed by atoms with E-state index in [4.69, 9.17) is 5.73 Å². The lowest BCUT2D eigenvalue weighted by Gasteiger charge is -2.37. The Morgan fingerprint density at radius 2 is 1.94 bits per heavy atom. The van der Waals surface area contributed by atoms with Gasteiger partial charge in [-0.15, -0.1) is 0 Å². The highest BCUT2D eigenvalue weighted by atomic mass is 16.4. The summed E-state index contributed by atoms with van der Waals surface area (Å²) in [7, 11) is 0. The lowest BCUT2D eigenvalue weighted by atomic mass is 10.0. The summed E-state index contributed by atoms with van der Waals surface area (Å²) in [5, 5.41) is 9.66. The van der Waals surface area contributed by atoms with Gasteiger partial charge in [0.2, 0.25) is 0 Å². The number of carbonyl (C=O) groups excluding carboxylic acids is 1. The minimum Gasteiger partial charge on any atom is -0.465 e. The number of likely N-dealkylation sites (tertiary alicyclic amines) is 1. The second-order valence-electron chi connectivity index (χ2n) is 9.68. The molecule has 8 heteroatoms. The summed E-state index contributed by atoms with van der Waals surface area (Å²) in [5.41, 5.74) is 8.88. The van der Waals surface area contributed by atoms with Gasteiger partial charge >= 0.3 is 6.09 Å². The van der Waals surface area contributed by atoms with E-state index >= 15 is 0 Å². The SMILES string of the molecule is CC(C)(C)N(CC1CCCN1Cc1ccc(-c2nc3c(C(N)=O)cccc3[nH]2)cc1)C(=O)O. The monoisotopic (exact) mass is 449 g/mol. The summed E-state index contributed by atoms with van der Waals surface area (Å²) in [6.07, 6.45) is 1.20. The molecule has 1 fully saturated rings. The van der Waals surface area contributed by atoms with Crippen molar-refractivity contribution in [3.05, 3.63) is 53.6 Å². The standard InChI is InChI=1S/C25H31N5O3/c1-25(2,3)30(24(32)33)15-18-6-5-13-29(18)14-16-9-11-17(12-10-16)23-27-20-8-4-7-19(22(26)31)21(20)28-23/h4,7-12,18H,5-6,13-15H2,1-3H3,(H2,26,31)(H,27,28)(H,32,33). The molecule has 0 saturated carbocycles. The predicted octanol–water partition coefficient (Wildman–Crippen LogP) is 4.07. The first-order valence-corrected chi connectivity index (χ1v) is 11.3. The van der Waals surface area contributed by atoms with Gasteiger partial charge in [0.05, 0.1) is 11.1 Å². The minimum atomic E-state index is -0.871. The lowest BCUT2D eigenvalue weighted by molar-refractivity contribution is 0.0781. The van der Waals surface area contributed by atoms with Crippen LogP contribution in [0.1, 0.15) is 49.5 Å². The van der Waals surface area contributed by atoms with E-state index in [0.717, 1.165) is 42.6 Å². The number of rotatable bonds is 6. The molecule has 4 rings (SSSR count). The normalized spacial score (nSPS) is 16.9. The molecule has 0 aliphatic carbocycles. The molecule has 33 heavy (non-hydrogen) atoms. The summed E-state index contributed by atoms with van der Waals surface area (Å²) in [5.74, 6) is 0.189. The van der Waals surface area contributed by atoms with Crippen molar-refractivity contribution in [2.75, 3.05) is 13.1 Å². The van der Waals surface area contributed by atoms with Crippen LogP contribution >= 0.6 is 0 Å². The highest BCUT2D eigenvalue weighted by Gasteiger charge is 2.33. The largest absolute Gasteiger partial charge is 0.465 e. The molecule has 1 atom stereocenters. The number of aromatic nitrogens is 2. The second-order valence-corrected chi connectivity index (χ2v) is 9.68. The van der Waals surface area contributed by atoms with Gasteiger partial charge in [-0.25, -0.2) is 9.78 Å². The van der Waals surface area contributed by atoms with Gasteiger partial charge in [-0.05, 0) is 57.9 Å². The van der Waals surface area contributed by atoms with Crippen molar-refractivity contribution in [2.24, 2.45) is 5.73 Å². The van der Waals surface area contributed by atoms with E-state index in [-0.39, 0.29) is 6.04 Å². The van der Waals surface area contributed by atoms with Crippen molar-refractivity contribution in [1.82, 2.24) is 19.8 Å². The summed E-state index contributed by atoms with van der Waals surface area (Å²) in [4.78, 5) is 35.2. The number of nitrogens with one attached hydrogen (secondary N) is 1. The van der Waals surface area contributed by atoms with Crippen LogP contribution in [0.3, 0.4) is 0 Å². The molecule has 2 aromatic carbocycles. The zero-order valence-electron chi connectivity index (χ0n) is 19.3. The van der Waals surface area contributed by atoms with Crippen molar-refractivity contribution in [3.8, 4) is 11.4 Å². The Balaban J connectivity index is 1.49. The number of fused-ring (bicyclic) bond motifs is 1. The smallest absolute Gasteiger partial charge is 0.407 e. The van der Waals surface area contributed by atoms with Crippen LogP contribution in [0, 0.1) is 0 Å². The fraction of sp³-hybridized carbons (Fsp3) is 0.400. The third-order valence-electron chi connectivity index (χ3n) is 6.32. The predicted molar refractivity (Wildman–Crippen MR) is 128 cm³/mol. The van der Waals surface area contributed by atoms with E-state index in [1.165, 1.54) is 0 Å². The topological polar surface area (TPSA) is 116 Å². The summed E-state index contributed by atoms with van der Waals surface area (Å²) in [6, 6.07) is 13.7. The van der Waals surface area contributed by atoms with E-state index in [1.807, 2.05) is 39.0 Å². The maximum Gasteiger partial charge on any atom is 0.407 e. The van der Waals surface area contributed by atoms with Crippen LogP contribution < -0.4 is 5.73 Å². The summed E-state index contributed by atoms with van der Waals surface area (Å²) < 4.78 is 0. The van der Waals surface area contributed by atoms with Crippen LogP contribution in [0.4, 0.5) is 4.79 Å². The Morgan fingerprint density at radius 1 is 1.21 bits per heavy atom. The van der Waals surface area contributed by atoms with Gasteiger partial charge in [0.25, 0.3) is 5.91 Å². The fourth-order valence-electron chi connectivity index (χ4n) is 4.53. The first-order valence-electron chi connectivity index (χ1n) is 11.3. The Morgan fingerprint density at radius 3 is 2.58 bits per heavy atom. The zero-order chi connectivity index (χ0) is 23.8. The van der Waals surface area contributed by atoms with E-state index in [9.17, 15) is 14.7 Å². The van der Waals surface area contributed by atoms with Crippen molar-refractivity contribution >= 4 is 23.0 Å². The van der Waals surface area contributed by atoms with Gasteiger partial charge < -0.3 is 20.7 Å². The number of para-hydroxylation sites is 1. The van der Waals surface area contributed by atoms with E-state index in [0.29, 0.717) is 23.4 Å². The quantitative estimate of drug-likeness (QED) is 0.525. The minimum absolute atomic E-state index is 0.211. The van der Waals surface area contributed by atoms with Crippen LogP contribution in [0.15, 0.2) is 42.5 Å². The Kier molecular flexibility index (Phi) is 6.12. The highest BCUT2D eigenvalue weighted by Crippen LogP contribution is 2.26. The van der Waals surface area contributed by atoms with Gasteiger partial charge in [-0.1, -0.05) is 30.3 Å². The molecular formula is C25H31N5O3. The Bertz CT molecular complexity index is 1160. The van der Waals surface area contributed by atoms with Crippen LogP contribution in [-0.2, 0) is 6.54 Å². The maximum atomic E-state index is 11.8. The summed E-state index contributed by atoms with van der Waals surface area (Å²) in [6.45, 7) is 8.05. The number of carboxylic acid groups (broad SMARTS) is 1. The molecule has 0 bridgehead atoms. The number of nitrogens with zero attached hydrogens (tertiary/aromatic N) is 3. The number of nitrogens with two attached hydrogens (primary N) is 1. The molecule has 4 N–H and O–H groups in total. The van der Waals surface area contributed by atoms with E-state index < -0.39 is 17.5 Å². The number of carbonyl (C=O) groups is 2. The molecule has 1 saturated heterocycles. The summed E-state index contributed by atoms with van der Waals surface area (Å²) >= 11 is 0. The van der Waals surface area contributed by atoms with Crippen LogP contribution in [0.5, 0.6) is 0 Å². The number of amides is 2. The van der Waals surface area contributed by atoms with Gasteiger partial charge in [-0.3, -0.25) is 9.69 Å². The Hall–Kier alpha value is -3.39. The number of imidazole rings is 1. The number of hydrogen-bond acceptors (Lipinski definition) is 4. The highest BCUT2D eigenvalue weighted by molar-refractivity contribution is 6.04. The van der Waals surface area contributed by atoms with Crippen molar-refractivity contribution in [1.29, 1.82) is 0 Å². The van der Waals surface area contributed by atoms with Crippen molar-refractivity contribution in [3.63, 3.8) is 0 Å². The fourth-order valence-corrected chi connectivity index (χ4v) is 4.53.